The van der Waals surface area contributed by atoms with Crippen molar-refractivity contribution in [2.75, 3.05) is 0 Å². The third kappa shape index (κ3) is 2.23. The topological polar surface area (TPSA) is 47.3 Å². The molecule has 3 aromatic carbocycles. The second kappa shape index (κ2) is 5.21. The van der Waals surface area contributed by atoms with Crippen LogP contribution in [0.15, 0.2) is 86.8 Å². The molecular weight excluding hydrogens is 288 g/mol. The quantitative estimate of drug-likeness (QED) is 0.493. The van der Waals surface area contributed by atoms with Gasteiger partial charge in [-0.25, -0.2) is 0 Å². The van der Waals surface area contributed by atoms with Crippen molar-refractivity contribution in [3.63, 3.8) is 0 Å². The molecule has 0 spiro atoms. The molecule has 0 aliphatic heterocycles. The van der Waals surface area contributed by atoms with Gasteiger partial charge in [-0.3, -0.25) is 9.59 Å². The Morgan fingerprint density at radius 1 is 0.522 bits per heavy atom. The molecule has 0 aliphatic rings. The van der Waals surface area contributed by atoms with Crippen LogP contribution in [0, 0.1) is 0 Å². The van der Waals surface area contributed by atoms with Crippen LogP contribution in [0.25, 0.3) is 32.7 Å². The molecule has 5 aromatic rings. The molecule has 3 nitrogen and oxygen atoms in total. The van der Waals surface area contributed by atoms with Crippen LogP contribution < -0.4 is 10.9 Å². The van der Waals surface area contributed by atoms with Crippen molar-refractivity contribution in [3.05, 3.63) is 93.2 Å². The third-order valence-corrected chi connectivity index (χ3v) is 3.89. The highest BCUT2D eigenvalue weighted by Gasteiger charge is 2.03. The lowest BCUT2D eigenvalue weighted by Gasteiger charge is -1.94. The van der Waals surface area contributed by atoms with Crippen molar-refractivity contribution in [2.45, 2.75) is 0 Å². The minimum atomic E-state index is -0.126. The van der Waals surface area contributed by atoms with E-state index in [0.29, 0.717) is 32.7 Å². The van der Waals surface area contributed by atoms with Crippen molar-refractivity contribution >= 4 is 32.7 Å². The summed E-state index contributed by atoms with van der Waals surface area (Å²) in [6.07, 6.45) is 0. The highest BCUT2D eigenvalue weighted by molar-refractivity contribution is 5.85. The Hall–Kier alpha value is -3.20. The summed E-state index contributed by atoms with van der Waals surface area (Å²) < 4.78 is 5.91. The van der Waals surface area contributed by atoms with Gasteiger partial charge in [-0.15, -0.1) is 0 Å². The van der Waals surface area contributed by atoms with E-state index in [-0.39, 0.29) is 10.9 Å². The van der Waals surface area contributed by atoms with E-state index in [1.807, 2.05) is 0 Å². The average molecular weight is 300 g/mol. The molecule has 3 heteroatoms. The first kappa shape index (κ1) is 13.5. The second-order valence-electron chi connectivity index (χ2n) is 5.33. The van der Waals surface area contributed by atoms with Crippen LogP contribution in [0.4, 0.5) is 0 Å². The largest absolute Gasteiger partial charge is 0.456 e. The Balaban J connectivity index is 2.45. The molecule has 0 amide bonds. The van der Waals surface area contributed by atoms with E-state index < -0.39 is 0 Å². The fourth-order valence-electron chi connectivity index (χ4n) is 2.69. The number of rotatable bonds is 0. The van der Waals surface area contributed by atoms with Crippen molar-refractivity contribution in [1.82, 2.24) is 0 Å². The summed E-state index contributed by atoms with van der Waals surface area (Å²) in [5, 5.41) is 2.01. The molecule has 2 heterocycles. The lowest BCUT2D eigenvalue weighted by atomic mass is 10.1. The predicted octanol–water partition coefficient (Wildman–Crippen LogP) is 4.02. The first-order valence-corrected chi connectivity index (χ1v) is 7.29. The zero-order chi connectivity index (χ0) is 15.8. The van der Waals surface area contributed by atoms with Crippen LogP contribution in [0.3, 0.4) is 0 Å². The summed E-state index contributed by atoms with van der Waals surface area (Å²) in [5.41, 5.74) is 0.641. The Morgan fingerprint density at radius 3 is 1.35 bits per heavy atom. The average Bonchev–Trinajstić information content (AvgIpc) is 2.63. The maximum absolute atomic E-state index is 12.7. The second-order valence-corrected chi connectivity index (χ2v) is 5.33. The van der Waals surface area contributed by atoms with Crippen LogP contribution in [0.2, 0.25) is 0 Å². The molecule has 0 fully saturated rings. The zero-order valence-corrected chi connectivity index (χ0v) is 12.2. The van der Waals surface area contributed by atoms with Gasteiger partial charge in [-0.2, -0.15) is 0 Å². The molecule has 23 heavy (non-hydrogen) atoms. The fourth-order valence-corrected chi connectivity index (χ4v) is 2.69. The van der Waals surface area contributed by atoms with Crippen LogP contribution in [0.5, 0.6) is 0 Å². The van der Waals surface area contributed by atoms with Gasteiger partial charge < -0.3 is 4.42 Å². The van der Waals surface area contributed by atoms with Gasteiger partial charge in [-0.1, -0.05) is 48.5 Å². The van der Waals surface area contributed by atoms with Gasteiger partial charge in [-0.05, 0) is 24.3 Å². The first-order valence-electron chi connectivity index (χ1n) is 7.29. The van der Waals surface area contributed by atoms with Crippen molar-refractivity contribution in [2.24, 2.45) is 0 Å². The maximum atomic E-state index is 12.7. The van der Waals surface area contributed by atoms with E-state index in [2.05, 4.69) is 0 Å². The molecule has 110 valence electrons. The molecule has 0 radical (unpaired) electrons. The molecule has 0 atom stereocenters. The van der Waals surface area contributed by atoms with Gasteiger partial charge in [0.1, 0.15) is 11.2 Å². The van der Waals surface area contributed by atoms with Crippen molar-refractivity contribution < 1.29 is 4.42 Å². The van der Waals surface area contributed by atoms with Gasteiger partial charge in [0, 0.05) is 10.8 Å². The van der Waals surface area contributed by atoms with Crippen LogP contribution in [-0.2, 0) is 0 Å². The number of fused-ring (bicyclic) bond motifs is 2. The summed E-state index contributed by atoms with van der Waals surface area (Å²) in [6, 6.07) is 20.9. The molecular formula is C20H12O3. The van der Waals surface area contributed by atoms with Crippen LogP contribution in [0.1, 0.15) is 0 Å². The minimum Gasteiger partial charge on any atom is -0.456 e. The molecule has 2 aromatic heterocycles. The van der Waals surface area contributed by atoms with Crippen molar-refractivity contribution in [1.29, 1.82) is 0 Å². The predicted molar refractivity (Wildman–Crippen MR) is 92.6 cm³/mol. The van der Waals surface area contributed by atoms with E-state index in [0.717, 1.165) is 0 Å². The zero-order valence-electron chi connectivity index (χ0n) is 12.2. The summed E-state index contributed by atoms with van der Waals surface area (Å²) >= 11 is 0. The van der Waals surface area contributed by atoms with Gasteiger partial charge in [0.2, 0.25) is 0 Å². The van der Waals surface area contributed by atoms with Gasteiger partial charge >= 0.3 is 0 Å². The highest BCUT2D eigenvalue weighted by atomic mass is 16.3. The molecule has 2 bridgehead atoms. The van der Waals surface area contributed by atoms with Gasteiger partial charge in [0.05, 0.1) is 10.8 Å². The van der Waals surface area contributed by atoms with E-state index in [9.17, 15) is 9.59 Å². The molecule has 0 N–H and O–H groups in total. The van der Waals surface area contributed by atoms with E-state index in [1.165, 1.54) is 0 Å². The van der Waals surface area contributed by atoms with E-state index in [1.54, 1.807) is 72.8 Å². The Morgan fingerprint density at radius 2 is 0.913 bits per heavy atom. The lowest BCUT2D eigenvalue weighted by molar-refractivity contribution is 0.662. The lowest BCUT2D eigenvalue weighted by Crippen LogP contribution is -1.99. The van der Waals surface area contributed by atoms with Gasteiger partial charge in [0.25, 0.3) is 0 Å². The minimum absolute atomic E-state index is 0.126. The smallest absolute Gasteiger partial charge is 0.196 e. The van der Waals surface area contributed by atoms with Gasteiger partial charge in [0.15, 0.2) is 10.9 Å². The molecule has 0 aliphatic carbocycles. The number of hydrogen-bond donors (Lipinski definition) is 0. The Kier molecular flexibility index (Phi) is 3.05. The summed E-state index contributed by atoms with van der Waals surface area (Å²) in [7, 11) is 0. The summed E-state index contributed by atoms with van der Waals surface area (Å²) in [6.45, 7) is 0. The number of para-hydroxylation sites is 2. The normalized spacial score (nSPS) is 11.0. The first-order chi connectivity index (χ1) is 11.2. The molecule has 5 rings (SSSR count). The SMILES string of the molecule is O=c1c2ccc(cc2)c(=O)c2ccccc2oc2ccccc12. The fraction of sp³-hybridized carbons (Fsp3) is 0. The van der Waals surface area contributed by atoms with Crippen LogP contribution >= 0.6 is 0 Å². The third-order valence-electron chi connectivity index (χ3n) is 3.89. The Labute approximate surface area is 131 Å². The number of benzene rings is 3. The monoisotopic (exact) mass is 300 g/mol. The summed E-state index contributed by atoms with van der Waals surface area (Å²) in [5.74, 6) is 0. The van der Waals surface area contributed by atoms with E-state index in [4.69, 9.17) is 4.42 Å². The standard InChI is InChI=1S/C20H12O3/c21-19-13-9-11-14(12-10-13)20(22)16-6-2-4-8-18(16)23-17-7-3-1-5-15(17)19/h1-12H. The maximum Gasteiger partial charge on any atom is 0.196 e. The summed E-state index contributed by atoms with van der Waals surface area (Å²) in [4.78, 5) is 25.4. The molecule has 0 saturated carbocycles. The van der Waals surface area contributed by atoms with E-state index >= 15 is 0 Å². The number of hydrogen-bond acceptors (Lipinski definition) is 3. The Bertz CT molecular complexity index is 1090. The molecule has 0 unspecified atom stereocenters. The van der Waals surface area contributed by atoms with Crippen LogP contribution in [-0.4, -0.2) is 0 Å². The molecule has 0 saturated heterocycles. The van der Waals surface area contributed by atoms with Crippen molar-refractivity contribution in [3.8, 4) is 0 Å². The highest BCUT2D eigenvalue weighted by Crippen LogP contribution is 2.15.